The lowest BCUT2D eigenvalue weighted by Crippen LogP contribution is -2.22. The third-order valence-electron chi connectivity index (χ3n) is 1.25. The summed E-state index contributed by atoms with van der Waals surface area (Å²) in [5.41, 5.74) is -0.760. The van der Waals surface area contributed by atoms with Gasteiger partial charge in [0.1, 0.15) is 0 Å². The van der Waals surface area contributed by atoms with Crippen LogP contribution in [0.1, 0.15) is 33.1 Å². The van der Waals surface area contributed by atoms with Crippen LogP contribution >= 0.6 is 0 Å². The molecule has 0 aromatic heterocycles. The molecule has 0 aromatic carbocycles. The summed E-state index contributed by atoms with van der Waals surface area (Å²) in [6.45, 7) is 3.69. The average Bonchev–Trinajstić information content (AvgIpc) is 1.64. The number of rotatable bonds is 3. The maximum atomic E-state index is 9.29. The monoisotopic (exact) mass is 127 g/mol. The first kappa shape index (κ1) is 8.45. The van der Waals surface area contributed by atoms with Gasteiger partial charge in [0.2, 0.25) is 0 Å². The second-order valence-electron chi connectivity index (χ2n) is 2.58. The van der Waals surface area contributed by atoms with Crippen molar-refractivity contribution >= 4 is 0 Å². The quantitative estimate of drug-likeness (QED) is 0.623. The van der Waals surface area contributed by atoms with Gasteiger partial charge in [0, 0.05) is 0 Å². The summed E-state index contributed by atoms with van der Waals surface area (Å²) in [6.07, 6.45) is 1.87. The zero-order valence-corrected chi connectivity index (χ0v) is 6.02. The summed E-state index contributed by atoms with van der Waals surface area (Å²) in [7, 11) is 0. The highest BCUT2D eigenvalue weighted by Gasteiger charge is 2.17. The molecule has 0 heterocycles. The molecular weight excluding hydrogens is 114 g/mol. The van der Waals surface area contributed by atoms with Gasteiger partial charge in [-0.3, -0.25) is 0 Å². The smallest absolute Gasteiger partial charge is 0.0749 e. The number of nitrogens with zero attached hydrogens (tertiary/aromatic N) is 1. The Labute approximate surface area is 56.1 Å². The third kappa shape index (κ3) is 3.99. The summed E-state index contributed by atoms with van der Waals surface area (Å²) in [5, 5.41) is 17.5. The van der Waals surface area contributed by atoms with Crippen molar-refractivity contribution in [2.24, 2.45) is 0 Å². The molecule has 1 atom stereocenters. The first-order valence-corrected chi connectivity index (χ1v) is 3.21. The maximum Gasteiger partial charge on any atom is 0.0749 e. The molecule has 0 bridgehead atoms. The highest BCUT2D eigenvalue weighted by Crippen LogP contribution is 2.14. The van der Waals surface area contributed by atoms with Crippen LogP contribution in [0.3, 0.4) is 0 Å². The molecule has 0 saturated heterocycles. The van der Waals surface area contributed by atoms with E-state index in [1.165, 1.54) is 0 Å². The minimum atomic E-state index is -0.760. The molecule has 0 spiro atoms. The Morgan fingerprint density at radius 2 is 2.22 bits per heavy atom. The molecule has 0 amide bonds. The molecule has 1 N–H and O–H groups in total. The predicted octanol–water partition coefficient (Wildman–Crippen LogP) is 1.45. The van der Waals surface area contributed by atoms with E-state index in [-0.39, 0.29) is 6.42 Å². The Morgan fingerprint density at radius 1 is 1.67 bits per heavy atom. The molecule has 0 rings (SSSR count). The lowest BCUT2D eigenvalue weighted by Gasteiger charge is -2.17. The summed E-state index contributed by atoms with van der Waals surface area (Å²) in [6, 6.07) is 1.94. The van der Waals surface area contributed by atoms with Crippen LogP contribution in [0.25, 0.3) is 0 Å². The second-order valence-corrected chi connectivity index (χ2v) is 2.58. The molecule has 0 aliphatic rings. The Balaban J connectivity index is 3.59. The topological polar surface area (TPSA) is 44.0 Å². The van der Waals surface area contributed by atoms with E-state index < -0.39 is 5.60 Å². The Kier molecular flexibility index (Phi) is 3.26. The van der Waals surface area contributed by atoms with E-state index in [1.807, 2.05) is 13.0 Å². The van der Waals surface area contributed by atoms with Gasteiger partial charge < -0.3 is 5.11 Å². The zero-order valence-electron chi connectivity index (χ0n) is 6.02. The number of aliphatic hydroxyl groups is 1. The van der Waals surface area contributed by atoms with Crippen molar-refractivity contribution in [2.75, 3.05) is 0 Å². The molecule has 0 fully saturated rings. The molecule has 52 valence electrons. The minimum absolute atomic E-state index is 0.237. The van der Waals surface area contributed by atoms with Gasteiger partial charge in [-0.05, 0) is 13.3 Å². The number of nitriles is 1. The van der Waals surface area contributed by atoms with E-state index in [0.717, 1.165) is 6.42 Å². The molecule has 0 aromatic rings. The molecule has 1 unspecified atom stereocenters. The van der Waals surface area contributed by atoms with Crippen LogP contribution in [0.4, 0.5) is 0 Å². The van der Waals surface area contributed by atoms with Crippen LogP contribution in [0, 0.1) is 11.3 Å². The summed E-state index contributed by atoms with van der Waals surface area (Å²) in [4.78, 5) is 0. The van der Waals surface area contributed by atoms with Gasteiger partial charge in [-0.15, -0.1) is 0 Å². The van der Waals surface area contributed by atoms with Crippen molar-refractivity contribution in [3.63, 3.8) is 0 Å². The van der Waals surface area contributed by atoms with Gasteiger partial charge in [0.05, 0.1) is 18.1 Å². The molecule has 0 aliphatic heterocycles. The van der Waals surface area contributed by atoms with Crippen molar-refractivity contribution in [3.8, 4) is 6.07 Å². The van der Waals surface area contributed by atoms with E-state index in [2.05, 4.69) is 0 Å². The first-order chi connectivity index (χ1) is 4.12. The molecule has 0 radical (unpaired) electrons. The van der Waals surface area contributed by atoms with Crippen LogP contribution in [0.2, 0.25) is 0 Å². The van der Waals surface area contributed by atoms with Gasteiger partial charge in [-0.2, -0.15) is 5.26 Å². The lowest BCUT2D eigenvalue weighted by atomic mass is 9.98. The van der Waals surface area contributed by atoms with Crippen LogP contribution in [0.15, 0.2) is 0 Å². The number of hydrogen-bond donors (Lipinski definition) is 1. The average molecular weight is 127 g/mol. The second kappa shape index (κ2) is 3.47. The minimum Gasteiger partial charge on any atom is -0.389 e. The molecule has 0 saturated carbocycles. The van der Waals surface area contributed by atoms with E-state index >= 15 is 0 Å². The molecule has 2 nitrogen and oxygen atoms in total. The predicted molar refractivity (Wildman–Crippen MR) is 35.8 cm³/mol. The molecule has 2 heteroatoms. The molecule has 0 aliphatic carbocycles. The van der Waals surface area contributed by atoms with E-state index in [1.54, 1.807) is 6.92 Å². The highest BCUT2D eigenvalue weighted by molar-refractivity contribution is 4.84. The van der Waals surface area contributed by atoms with Gasteiger partial charge in [0.15, 0.2) is 0 Å². The molecular formula is C7H13NO. The third-order valence-corrected chi connectivity index (χ3v) is 1.25. The van der Waals surface area contributed by atoms with Crippen LogP contribution in [-0.2, 0) is 0 Å². The zero-order chi connectivity index (χ0) is 7.33. The summed E-state index contributed by atoms with van der Waals surface area (Å²) < 4.78 is 0. The van der Waals surface area contributed by atoms with Crippen LogP contribution in [0.5, 0.6) is 0 Å². The molecule has 9 heavy (non-hydrogen) atoms. The fourth-order valence-electron chi connectivity index (χ4n) is 0.797. The summed E-state index contributed by atoms with van der Waals surface area (Å²) in [5.74, 6) is 0. The van der Waals surface area contributed by atoms with E-state index in [9.17, 15) is 5.11 Å². The Bertz CT molecular complexity index is 113. The van der Waals surface area contributed by atoms with E-state index in [4.69, 9.17) is 5.26 Å². The SMILES string of the molecule is CCCC(C)(O)CC#N. The Morgan fingerprint density at radius 3 is 2.56 bits per heavy atom. The fraction of sp³-hybridized carbons (Fsp3) is 0.857. The van der Waals surface area contributed by atoms with Crippen molar-refractivity contribution in [3.05, 3.63) is 0 Å². The van der Waals surface area contributed by atoms with Crippen LogP contribution < -0.4 is 0 Å². The standard InChI is InChI=1S/C7H13NO/c1-3-4-7(2,9)5-6-8/h9H,3-5H2,1-2H3. The Hall–Kier alpha value is -0.550. The summed E-state index contributed by atoms with van der Waals surface area (Å²) >= 11 is 0. The van der Waals surface area contributed by atoms with Gasteiger partial charge in [-0.25, -0.2) is 0 Å². The van der Waals surface area contributed by atoms with Gasteiger partial charge in [0.25, 0.3) is 0 Å². The normalized spacial score (nSPS) is 16.2. The lowest BCUT2D eigenvalue weighted by molar-refractivity contribution is 0.0551. The fourth-order valence-corrected chi connectivity index (χ4v) is 0.797. The van der Waals surface area contributed by atoms with Crippen molar-refractivity contribution < 1.29 is 5.11 Å². The maximum absolute atomic E-state index is 9.29. The highest BCUT2D eigenvalue weighted by atomic mass is 16.3. The largest absolute Gasteiger partial charge is 0.389 e. The van der Waals surface area contributed by atoms with Gasteiger partial charge in [-0.1, -0.05) is 13.3 Å². The first-order valence-electron chi connectivity index (χ1n) is 3.21. The van der Waals surface area contributed by atoms with Gasteiger partial charge >= 0.3 is 0 Å². The van der Waals surface area contributed by atoms with Crippen molar-refractivity contribution in [1.29, 1.82) is 5.26 Å². The van der Waals surface area contributed by atoms with E-state index in [0.29, 0.717) is 6.42 Å². The van der Waals surface area contributed by atoms with Crippen LogP contribution in [-0.4, -0.2) is 10.7 Å². The van der Waals surface area contributed by atoms with Crippen molar-refractivity contribution in [1.82, 2.24) is 0 Å². The van der Waals surface area contributed by atoms with Crippen molar-refractivity contribution in [2.45, 2.75) is 38.7 Å². The number of hydrogen-bond acceptors (Lipinski definition) is 2.